The van der Waals surface area contributed by atoms with Crippen LogP contribution in [0.3, 0.4) is 0 Å². The van der Waals surface area contributed by atoms with E-state index >= 15 is 0 Å². The van der Waals surface area contributed by atoms with Gasteiger partial charge in [0.15, 0.2) is 0 Å². The van der Waals surface area contributed by atoms with Gasteiger partial charge >= 0.3 is 6.09 Å². The van der Waals surface area contributed by atoms with Crippen molar-refractivity contribution in [3.8, 4) is 6.07 Å². The van der Waals surface area contributed by atoms with Crippen molar-refractivity contribution in [2.75, 3.05) is 6.54 Å². The molecule has 1 heterocycles. The van der Waals surface area contributed by atoms with Crippen LogP contribution in [0.25, 0.3) is 0 Å². The number of carbonyl (C=O) groups is 3. The third kappa shape index (κ3) is 7.74. The molecule has 1 saturated heterocycles. The molecule has 8 heteroatoms. The molecule has 3 N–H and O–H groups in total. The highest BCUT2D eigenvalue weighted by atomic mass is 16.5. The summed E-state index contributed by atoms with van der Waals surface area (Å²) in [6.07, 6.45) is 1.50. The molecule has 0 aromatic heterocycles. The Morgan fingerprint density at radius 3 is 2.63 bits per heavy atom. The molecule has 0 saturated carbocycles. The molecular formula is C22H30N4O4. The van der Waals surface area contributed by atoms with E-state index < -0.39 is 24.1 Å². The summed E-state index contributed by atoms with van der Waals surface area (Å²) in [5.74, 6) is -0.698. The lowest BCUT2D eigenvalue weighted by molar-refractivity contribution is -0.128. The van der Waals surface area contributed by atoms with Crippen molar-refractivity contribution in [3.05, 3.63) is 35.9 Å². The number of benzene rings is 1. The number of nitriles is 1. The number of alkyl carbamates (subject to hydrolysis) is 1. The van der Waals surface area contributed by atoms with Gasteiger partial charge in [-0.25, -0.2) is 4.79 Å². The van der Waals surface area contributed by atoms with Crippen molar-refractivity contribution in [3.63, 3.8) is 0 Å². The van der Waals surface area contributed by atoms with Gasteiger partial charge in [0, 0.05) is 12.5 Å². The molecule has 8 nitrogen and oxygen atoms in total. The molecule has 0 aliphatic carbocycles. The second-order valence-corrected chi connectivity index (χ2v) is 7.94. The number of ether oxygens (including phenoxy) is 1. The average molecular weight is 415 g/mol. The van der Waals surface area contributed by atoms with Gasteiger partial charge in [-0.05, 0) is 37.2 Å². The summed E-state index contributed by atoms with van der Waals surface area (Å²) in [5, 5.41) is 17.5. The maximum Gasteiger partial charge on any atom is 0.408 e. The van der Waals surface area contributed by atoms with E-state index in [4.69, 9.17) is 4.74 Å². The van der Waals surface area contributed by atoms with Crippen molar-refractivity contribution in [2.45, 2.75) is 58.2 Å². The van der Waals surface area contributed by atoms with Crippen molar-refractivity contribution in [2.24, 2.45) is 11.8 Å². The van der Waals surface area contributed by atoms with Crippen LogP contribution in [0.15, 0.2) is 30.3 Å². The molecule has 3 amide bonds. The van der Waals surface area contributed by atoms with Gasteiger partial charge in [0.1, 0.15) is 18.7 Å². The Labute approximate surface area is 177 Å². The van der Waals surface area contributed by atoms with Gasteiger partial charge < -0.3 is 20.7 Å². The van der Waals surface area contributed by atoms with Crippen LogP contribution in [-0.4, -0.2) is 36.5 Å². The lowest BCUT2D eigenvalue weighted by Gasteiger charge is -2.25. The molecule has 1 aromatic rings. The molecule has 162 valence electrons. The van der Waals surface area contributed by atoms with Crippen LogP contribution in [0.5, 0.6) is 0 Å². The number of piperidine rings is 1. The normalized spacial score (nSPS) is 17.9. The Bertz CT molecular complexity index is 760. The SMILES string of the molecule is CC(C)C[C@H](NC(=O)OCc1ccccc1)C(=O)N[C@H](C#N)C[C@@H]1CCCNC1=O. The predicted octanol–water partition coefficient (Wildman–Crippen LogP) is 2.25. The Balaban J connectivity index is 1.91. The highest BCUT2D eigenvalue weighted by Crippen LogP contribution is 2.17. The van der Waals surface area contributed by atoms with E-state index in [0.29, 0.717) is 19.4 Å². The van der Waals surface area contributed by atoms with Gasteiger partial charge in [0.2, 0.25) is 11.8 Å². The Kier molecular flexibility index (Phi) is 9.13. The first-order valence-electron chi connectivity index (χ1n) is 10.3. The van der Waals surface area contributed by atoms with Crippen LogP contribution >= 0.6 is 0 Å². The van der Waals surface area contributed by atoms with Gasteiger partial charge in [0.05, 0.1) is 6.07 Å². The van der Waals surface area contributed by atoms with E-state index in [0.717, 1.165) is 12.0 Å². The third-order valence-electron chi connectivity index (χ3n) is 4.92. The summed E-state index contributed by atoms with van der Waals surface area (Å²) in [6, 6.07) is 9.66. The Morgan fingerprint density at radius 1 is 1.27 bits per heavy atom. The number of hydrogen-bond donors (Lipinski definition) is 3. The number of nitrogens with one attached hydrogen (secondary N) is 3. The van der Waals surface area contributed by atoms with Crippen molar-refractivity contribution < 1.29 is 19.1 Å². The van der Waals surface area contributed by atoms with Gasteiger partial charge in [-0.2, -0.15) is 5.26 Å². The Morgan fingerprint density at radius 2 is 2.00 bits per heavy atom. The van der Waals surface area contributed by atoms with E-state index in [9.17, 15) is 19.6 Å². The number of nitrogens with zero attached hydrogens (tertiary/aromatic N) is 1. The Hall–Kier alpha value is -3.08. The van der Waals surface area contributed by atoms with Crippen molar-refractivity contribution >= 4 is 17.9 Å². The molecule has 2 rings (SSSR count). The summed E-state index contributed by atoms with van der Waals surface area (Å²) in [7, 11) is 0. The summed E-state index contributed by atoms with van der Waals surface area (Å²) in [4.78, 5) is 36.9. The molecule has 0 spiro atoms. The second kappa shape index (κ2) is 11.8. The van der Waals surface area contributed by atoms with E-state index in [2.05, 4.69) is 22.0 Å². The van der Waals surface area contributed by atoms with Crippen LogP contribution < -0.4 is 16.0 Å². The zero-order valence-electron chi connectivity index (χ0n) is 17.5. The van der Waals surface area contributed by atoms with E-state index in [1.165, 1.54) is 0 Å². The first-order chi connectivity index (χ1) is 14.4. The van der Waals surface area contributed by atoms with E-state index in [-0.39, 0.29) is 30.8 Å². The molecule has 3 atom stereocenters. The van der Waals surface area contributed by atoms with E-state index in [1.54, 1.807) is 0 Å². The van der Waals surface area contributed by atoms with Gasteiger partial charge in [-0.15, -0.1) is 0 Å². The smallest absolute Gasteiger partial charge is 0.408 e. The lowest BCUT2D eigenvalue weighted by atomic mass is 9.91. The van der Waals surface area contributed by atoms with Crippen LogP contribution in [0, 0.1) is 23.2 Å². The van der Waals surface area contributed by atoms with Crippen molar-refractivity contribution in [1.29, 1.82) is 5.26 Å². The minimum Gasteiger partial charge on any atom is -0.445 e. The maximum absolute atomic E-state index is 12.7. The van der Waals surface area contributed by atoms with Gasteiger partial charge in [0.25, 0.3) is 0 Å². The third-order valence-corrected chi connectivity index (χ3v) is 4.92. The topological polar surface area (TPSA) is 120 Å². The summed E-state index contributed by atoms with van der Waals surface area (Å²) >= 11 is 0. The minimum absolute atomic E-state index is 0.0860. The molecular weight excluding hydrogens is 384 g/mol. The summed E-state index contributed by atoms with van der Waals surface area (Å²) < 4.78 is 5.21. The fourth-order valence-corrected chi connectivity index (χ4v) is 3.37. The molecule has 1 fully saturated rings. The zero-order chi connectivity index (χ0) is 21.9. The molecule has 1 aromatic carbocycles. The highest BCUT2D eigenvalue weighted by molar-refractivity contribution is 5.86. The lowest BCUT2D eigenvalue weighted by Crippen LogP contribution is -2.51. The molecule has 30 heavy (non-hydrogen) atoms. The fourth-order valence-electron chi connectivity index (χ4n) is 3.37. The minimum atomic E-state index is -0.829. The molecule has 0 bridgehead atoms. The molecule has 0 radical (unpaired) electrons. The maximum atomic E-state index is 12.7. The number of carbonyl (C=O) groups excluding carboxylic acids is 3. The first-order valence-corrected chi connectivity index (χ1v) is 10.3. The summed E-state index contributed by atoms with van der Waals surface area (Å²) in [6.45, 7) is 4.61. The molecule has 1 aliphatic rings. The largest absolute Gasteiger partial charge is 0.445 e. The van der Waals surface area contributed by atoms with Crippen molar-refractivity contribution in [1.82, 2.24) is 16.0 Å². The average Bonchev–Trinajstić information content (AvgIpc) is 2.73. The van der Waals surface area contributed by atoms with Gasteiger partial charge in [-0.3, -0.25) is 9.59 Å². The monoisotopic (exact) mass is 414 g/mol. The quantitative estimate of drug-likeness (QED) is 0.572. The second-order valence-electron chi connectivity index (χ2n) is 7.94. The molecule has 0 unspecified atom stereocenters. The van der Waals surface area contributed by atoms with Crippen LogP contribution in [0.2, 0.25) is 0 Å². The van der Waals surface area contributed by atoms with Crippen LogP contribution in [-0.2, 0) is 20.9 Å². The van der Waals surface area contributed by atoms with Gasteiger partial charge in [-0.1, -0.05) is 44.2 Å². The first kappa shape index (κ1) is 23.2. The number of hydrogen-bond acceptors (Lipinski definition) is 5. The van der Waals surface area contributed by atoms with Crippen LogP contribution in [0.1, 0.15) is 45.1 Å². The molecule has 1 aliphatic heterocycles. The van der Waals surface area contributed by atoms with Crippen LogP contribution in [0.4, 0.5) is 4.79 Å². The number of rotatable bonds is 9. The standard InChI is InChI=1S/C22H30N4O4/c1-15(2)11-19(26-22(29)30-14-16-7-4-3-5-8-16)21(28)25-18(13-23)12-17-9-6-10-24-20(17)27/h3-5,7-8,15,17-19H,6,9-12,14H2,1-2H3,(H,24,27)(H,25,28)(H,26,29)/t17-,18-,19-/m0/s1. The highest BCUT2D eigenvalue weighted by Gasteiger charge is 2.29. The zero-order valence-corrected chi connectivity index (χ0v) is 17.5. The predicted molar refractivity (Wildman–Crippen MR) is 111 cm³/mol. The number of amides is 3. The van der Waals surface area contributed by atoms with E-state index in [1.807, 2.05) is 44.2 Å². The fraction of sp³-hybridized carbons (Fsp3) is 0.545. The summed E-state index contributed by atoms with van der Waals surface area (Å²) in [5.41, 5.74) is 0.841.